The van der Waals surface area contributed by atoms with Crippen LogP contribution in [0, 0.1) is 12.8 Å². The summed E-state index contributed by atoms with van der Waals surface area (Å²) in [7, 11) is 0. The zero-order valence-electron chi connectivity index (χ0n) is 8.59. The van der Waals surface area contributed by atoms with Crippen molar-refractivity contribution in [3.8, 4) is 0 Å². The van der Waals surface area contributed by atoms with E-state index in [1.165, 1.54) is 19.3 Å². The van der Waals surface area contributed by atoms with Crippen LogP contribution in [0.1, 0.15) is 24.8 Å². The minimum Gasteiger partial charge on any atom is -0.396 e. The molecular weight excluding hydrogens is 174 g/mol. The van der Waals surface area contributed by atoms with Crippen molar-refractivity contribution in [1.29, 1.82) is 0 Å². The van der Waals surface area contributed by atoms with E-state index in [1.807, 2.05) is 13.0 Å². The summed E-state index contributed by atoms with van der Waals surface area (Å²) in [5, 5.41) is 3.29. The number of hydrogen-bond acceptors (Lipinski definition) is 3. The quantitative estimate of drug-likeness (QED) is 0.767. The van der Waals surface area contributed by atoms with Gasteiger partial charge in [0.15, 0.2) is 0 Å². The molecule has 1 aromatic heterocycles. The molecule has 0 unspecified atom stereocenters. The highest BCUT2D eigenvalue weighted by Gasteiger charge is 2.20. The molecule has 0 amide bonds. The molecule has 2 rings (SSSR count). The maximum Gasteiger partial charge on any atom is 0.149 e. The molecule has 3 heteroatoms. The highest BCUT2D eigenvalue weighted by atomic mass is 15.0. The maximum absolute atomic E-state index is 5.89. The van der Waals surface area contributed by atoms with Crippen LogP contribution in [0.2, 0.25) is 0 Å². The SMILES string of the molecule is Cc1ccnc(NCCC2CC2)c1N. The fourth-order valence-electron chi connectivity index (χ4n) is 1.51. The van der Waals surface area contributed by atoms with Gasteiger partial charge in [-0.1, -0.05) is 12.8 Å². The van der Waals surface area contributed by atoms with E-state index in [1.54, 1.807) is 6.20 Å². The van der Waals surface area contributed by atoms with Crippen LogP contribution in [0.3, 0.4) is 0 Å². The molecule has 76 valence electrons. The third-order valence-corrected chi connectivity index (χ3v) is 2.75. The van der Waals surface area contributed by atoms with Crippen molar-refractivity contribution in [2.45, 2.75) is 26.2 Å². The lowest BCUT2D eigenvalue weighted by atomic mass is 10.2. The first-order valence-electron chi connectivity index (χ1n) is 5.22. The Bertz CT molecular complexity index is 318. The fraction of sp³-hybridized carbons (Fsp3) is 0.545. The van der Waals surface area contributed by atoms with Crippen molar-refractivity contribution >= 4 is 11.5 Å². The molecule has 1 fully saturated rings. The number of aryl methyl sites for hydroxylation is 1. The van der Waals surface area contributed by atoms with Crippen molar-refractivity contribution in [2.75, 3.05) is 17.6 Å². The number of rotatable bonds is 4. The largest absolute Gasteiger partial charge is 0.396 e. The molecule has 0 saturated heterocycles. The molecule has 1 aliphatic rings. The molecule has 0 atom stereocenters. The lowest BCUT2D eigenvalue weighted by Gasteiger charge is -2.09. The Balaban J connectivity index is 1.90. The summed E-state index contributed by atoms with van der Waals surface area (Å²) in [6.07, 6.45) is 5.84. The van der Waals surface area contributed by atoms with E-state index in [-0.39, 0.29) is 0 Å². The van der Waals surface area contributed by atoms with Gasteiger partial charge in [0.05, 0.1) is 5.69 Å². The van der Waals surface area contributed by atoms with Crippen LogP contribution in [-0.4, -0.2) is 11.5 Å². The van der Waals surface area contributed by atoms with Crippen LogP contribution in [0.4, 0.5) is 11.5 Å². The first-order valence-corrected chi connectivity index (χ1v) is 5.22. The first kappa shape index (κ1) is 9.31. The summed E-state index contributed by atoms with van der Waals surface area (Å²) in [5.41, 5.74) is 7.76. The zero-order valence-corrected chi connectivity index (χ0v) is 8.59. The fourth-order valence-corrected chi connectivity index (χ4v) is 1.51. The smallest absolute Gasteiger partial charge is 0.149 e. The van der Waals surface area contributed by atoms with Crippen LogP contribution in [-0.2, 0) is 0 Å². The van der Waals surface area contributed by atoms with Crippen LogP contribution in [0.15, 0.2) is 12.3 Å². The minimum absolute atomic E-state index is 0.781. The van der Waals surface area contributed by atoms with Crippen LogP contribution in [0.5, 0.6) is 0 Å². The van der Waals surface area contributed by atoms with E-state index >= 15 is 0 Å². The second kappa shape index (κ2) is 3.86. The van der Waals surface area contributed by atoms with Crippen molar-refractivity contribution in [1.82, 2.24) is 4.98 Å². The number of nitrogens with zero attached hydrogens (tertiary/aromatic N) is 1. The maximum atomic E-state index is 5.89. The van der Waals surface area contributed by atoms with Gasteiger partial charge in [-0.2, -0.15) is 0 Å². The van der Waals surface area contributed by atoms with Gasteiger partial charge in [-0.05, 0) is 30.9 Å². The van der Waals surface area contributed by atoms with Gasteiger partial charge < -0.3 is 11.1 Å². The third-order valence-electron chi connectivity index (χ3n) is 2.75. The topological polar surface area (TPSA) is 50.9 Å². The van der Waals surface area contributed by atoms with E-state index in [0.29, 0.717) is 0 Å². The molecule has 1 saturated carbocycles. The van der Waals surface area contributed by atoms with Gasteiger partial charge in [-0.15, -0.1) is 0 Å². The predicted octanol–water partition coefficient (Wildman–Crippen LogP) is 2.18. The van der Waals surface area contributed by atoms with Gasteiger partial charge in [0.2, 0.25) is 0 Å². The lowest BCUT2D eigenvalue weighted by molar-refractivity contribution is 0.758. The minimum atomic E-state index is 0.781. The number of aromatic nitrogens is 1. The summed E-state index contributed by atoms with van der Waals surface area (Å²) in [4.78, 5) is 4.22. The highest BCUT2D eigenvalue weighted by molar-refractivity contribution is 5.64. The molecule has 0 radical (unpaired) electrons. The Morgan fingerprint density at radius 2 is 2.36 bits per heavy atom. The van der Waals surface area contributed by atoms with Crippen LogP contribution >= 0.6 is 0 Å². The summed E-state index contributed by atoms with van der Waals surface area (Å²) in [6.45, 7) is 2.99. The lowest BCUT2D eigenvalue weighted by Crippen LogP contribution is -2.07. The molecule has 3 N–H and O–H groups in total. The van der Waals surface area contributed by atoms with Crippen molar-refractivity contribution in [2.24, 2.45) is 5.92 Å². The second-order valence-electron chi connectivity index (χ2n) is 4.05. The van der Waals surface area contributed by atoms with Crippen LogP contribution < -0.4 is 11.1 Å². The number of nitrogens with two attached hydrogens (primary N) is 1. The van der Waals surface area contributed by atoms with Crippen molar-refractivity contribution in [3.63, 3.8) is 0 Å². The Labute approximate surface area is 84.7 Å². The summed E-state index contributed by atoms with van der Waals surface area (Å²) >= 11 is 0. The van der Waals surface area contributed by atoms with Crippen molar-refractivity contribution in [3.05, 3.63) is 17.8 Å². The average molecular weight is 191 g/mol. The molecular formula is C11H17N3. The van der Waals surface area contributed by atoms with E-state index in [2.05, 4.69) is 10.3 Å². The molecule has 0 bridgehead atoms. The van der Waals surface area contributed by atoms with Crippen molar-refractivity contribution < 1.29 is 0 Å². The van der Waals surface area contributed by atoms with Crippen LogP contribution in [0.25, 0.3) is 0 Å². The van der Waals surface area contributed by atoms with Gasteiger partial charge in [0.1, 0.15) is 5.82 Å². The average Bonchev–Trinajstić information content (AvgIpc) is 2.96. The molecule has 1 aliphatic carbocycles. The van der Waals surface area contributed by atoms with E-state index in [4.69, 9.17) is 5.73 Å². The zero-order chi connectivity index (χ0) is 9.97. The Morgan fingerprint density at radius 3 is 3.07 bits per heavy atom. The normalized spacial score (nSPS) is 15.5. The molecule has 0 aliphatic heterocycles. The van der Waals surface area contributed by atoms with Gasteiger partial charge >= 0.3 is 0 Å². The van der Waals surface area contributed by atoms with Gasteiger partial charge in [0.25, 0.3) is 0 Å². The number of pyridine rings is 1. The molecule has 3 nitrogen and oxygen atoms in total. The standard InChI is InChI=1S/C11H17N3/c1-8-4-6-13-11(10(8)12)14-7-5-9-2-3-9/h4,6,9H,2-3,5,7,12H2,1H3,(H,13,14). The first-order chi connectivity index (χ1) is 6.77. The number of nitrogens with one attached hydrogen (secondary N) is 1. The van der Waals surface area contributed by atoms with Gasteiger partial charge in [-0.25, -0.2) is 4.98 Å². The van der Waals surface area contributed by atoms with E-state index < -0.39 is 0 Å². The van der Waals surface area contributed by atoms with E-state index in [0.717, 1.165) is 29.5 Å². The molecule has 1 aromatic rings. The molecule has 14 heavy (non-hydrogen) atoms. The predicted molar refractivity (Wildman–Crippen MR) is 59.2 cm³/mol. The second-order valence-corrected chi connectivity index (χ2v) is 4.05. The molecule has 0 aromatic carbocycles. The Hall–Kier alpha value is -1.25. The molecule has 1 heterocycles. The summed E-state index contributed by atoms with van der Waals surface area (Å²) in [6, 6.07) is 1.93. The van der Waals surface area contributed by atoms with E-state index in [9.17, 15) is 0 Å². The number of nitrogen functional groups attached to an aromatic ring is 1. The summed E-state index contributed by atoms with van der Waals surface area (Å²) < 4.78 is 0. The number of hydrogen-bond donors (Lipinski definition) is 2. The molecule has 0 spiro atoms. The number of anilines is 2. The third kappa shape index (κ3) is 2.16. The Morgan fingerprint density at radius 1 is 1.57 bits per heavy atom. The van der Waals surface area contributed by atoms with Gasteiger partial charge in [-0.3, -0.25) is 0 Å². The van der Waals surface area contributed by atoms with Gasteiger partial charge in [0, 0.05) is 12.7 Å². The Kier molecular flexibility index (Phi) is 2.57. The monoisotopic (exact) mass is 191 g/mol. The highest BCUT2D eigenvalue weighted by Crippen LogP contribution is 2.32. The summed E-state index contributed by atoms with van der Waals surface area (Å²) in [5.74, 6) is 1.79.